The summed E-state index contributed by atoms with van der Waals surface area (Å²) in [5, 5.41) is 2.84. The summed E-state index contributed by atoms with van der Waals surface area (Å²) in [6.07, 6.45) is 3.42. The van der Waals surface area contributed by atoms with Crippen molar-refractivity contribution in [3.05, 3.63) is 41.5 Å². The van der Waals surface area contributed by atoms with E-state index < -0.39 is 0 Å². The molecule has 16 heavy (non-hydrogen) atoms. The van der Waals surface area contributed by atoms with Crippen LogP contribution in [0.4, 0.5) is 0 Å². The number of benzene rings is 1. The SMILES string of the molecule is Cc1cccc(/C=C/C(=O)NCC(C)C)c1. The molecule has 0 spiro atoms. The topological polar surface area (TPSA) is 29.1 Å². The molecule has 1 aromatic rings. The van der Waals surface area contributed by atoms with Gasteiger partial charge in [-0.05, 0) is 24.5 Å². The summed E-state index contributed by atoms with van der Waals surface area (Å²) in [5.74, 6) is 0.450. The summed E-state index contributed by atoms with van der Waals surface area (Å²) >= 11 is 0. The van der Waals surface area contributed by atoms with Crippen LogP contribution in [0.3, 0.4) is 0 Å². The fourth-order valence-electron chi connectivity index (χ4n) is 1.31. The van der Waals surface area contributed by atoms with E-state index in [4.69, 9.17) is 0 Å². The Morgan fingerprint density at radius 3 is 2.81 bits per heavy atom. The number of aryl methyl sites for hydroxylation is 1. The van der Waals surface area contributed by atoms with Gasteiger partial charge in [0.2, 0.25) is 5.91 Å². The number of amides is 1. The highest BCUT2D eigenvalue weighted by Crippen LogP contribution is 2.05. The van der Waals surface area contributed by atoms with Gasteiger partial charge in [0.15, 0.2) is 0 Å². The Hall–Kier alpha value is -1.57. The maximum Gasteiger partial charge on any atom is 0.244 e. The van der Waals surface area contributed by atoms with Crippen molar-refractivity contribution in [1.82, 2.24) is 5.32 Å². The predicted molar refractivity (Wildman–Crippen MR) is 68.1 cm³/mol. The van der Waals surface area contributed by atoms with Gasteiger partial charge in [-0.1, -0.05) is 43.7 Å². The van der Waals surface area contributed by atoms with Crippen LogP contribution in [0.2, 0.25) is 0 Å². The van der Waals surface area contributed by atoms with Crippen molar-refractivity contribution >= 4 is 12.0 Å². The third kappa shape index (κ3) is 4.78. The van der Waals surface area contributed by atoms with Gasteiger partial charge in [0, 0.05) is 12.6 Å². The number of hydrogen-bond donors (Lipinski definition) is 1. The van der Waals surface area contributed by atoms with E-state index in [1.807, 2.05) is 37.3 Å². The molecule has 0 saturated heterocycles. The molecule has 0 saturated carbocycles. The molecule has 0 unspecified atom stereocenters. The van der Waals surface area contributed by atoms with E-state index >= 15 is 0 Å². The second kappa shape index (κ2) is 6.11. The number of carbonyl (C=O) groups is 1. The van der Waals surface area contributed by atoms with E-state index in [-0.39, 0.29) is 5.91 Å². The lowest BCUT2D eigenvalue weighted by molar-refractivity contribution is -0.116. The van der Waals surface area contributed by atoms with Crippen molar-refractivity contribution in [2.45, 2.75) is 20.8 Å². The fourth-order valence-corrected chi connectivity index (χ4v) is 1.31. The van der Waals surface area contributed by atoms with Crippen molar-refractivity contribution in [2.24, 2.45) is 5.92 Å². The van der Waals surface area contributed by atoms with E-state index in [0.29, 0.717) is 5.92 Å². The quantitative estimate of drug-likeness (QED) is 0.772. The molecule has 0 bridgehead atoms. The van der Waals surface area contributed by atoms with Gasteiger partial charge in [-0.25, -0.2) is 0 Å². The summed E-state index contributed by atoms with van der Waals surface area (Å²) in [6, 6.07) is 8.06. The van der Waals surface area contributed by atoms with Crippen molar-refractivity contribution in [3.63, 3.8) is 0 Å². The first-order valence-corrected chi connectivity index (χ1v) is 5.60. The molecule has 0 fully saturated rings. The molecular weight excluding hydrogens is 198 g/mol. The summed E-state index contributed by atoms with van der Waals surface area (Å²) in [7, 11) is 0. The summed E-state index contributed by atoms with van der Waals surface area (Å²) in [6.45, 7) is 6.91. The summed E-state index contributed by atoms with van der Waals surface area (Å²) < 4.78 is 0. The Morgan fingerprint density at radius 1 is 1.44 bits per heavy atom. The van der Waals surface area contributed by atoms with Crippen molar-refractivity contribution in [3.8, 4) is 0 Å². The van der Waals surface area contributed by atoms with Crippen LogP contribution in [-0.4, -0.2) is 12.5 Å². The van der Waals surface area contributed by atoms with Crippen molar-refractivity contribution in [2.75, 3.05) is 6.54 Å². The zero-order valence-electron chi connectivity index (χ0n) is 10.2. The van der Waals surface area contributed by atoms with E-state index in [0.717, 1.165) is 12.1 Å². The van der Waals surface area contributed by atoms with Crippen LogP contribution in [0.1, 0.15) is 25.0 Å². The van der Waals surface area contributed by atoms with E-state index in [2.05, 4.69) is 19.2 Å². The van der Waals surface area contributed by atoms with Gasteiger partial charge in [-0.2, -0.15) is 0 Å². The minimum Gasteiger partial charge on any atom is -0.352 e. The molecule has 2 nitrogen and oxygen atoms in total. The average molecular weight is 217 g/mol. The van der Waals surface area contributed by atoms with Gasteiger partial charge in [0.25, 0.3) is 0 Å². The van der Waals surface area contributed by atoms with Crippen molar-refractivity contribution in [1.29, 1.82) is 0 Å². The monoisotopic (exact) mass is 217 g/mol. The van der Waals surface area contributed by atoms with Gasteiger partial charge in [-0.15, -0.1) is 0 Å². The Bertz CT molecular complexity index is 380. The lowest BCUT2D eigenvalue weighted by Crippen LogP contribution is -2.25. The lowest BCUT2D eigenvalue weighted by atomic mass is 10.1. The second-order valence-corrected chi connectivity index (χ2v) is 4.39. The molecule has 0 heterocycles. The highest BCUT2D eigenvalue weighted by atomic mass is 16.1. The van der Waals surface area contributed by atoms with Gasteiger partial charge < -0.3 is 5.32 Å². The molecular formula is C14H19NO. The zero-order valence-corrected chi connectivity index (χ0v) is 10.2. The van der Waals surface area contributed by atoms with Crippen LogP contribution in [0.5, 0.6) is 0 Å². The van der Waals surface area contributed by atoms with Crippen LogP contribution in [0, 0.1) is 12.8 Å². The number of carbonyl (C=O) groups excluding carboxylic acids is 1. The number of rotatable bonds is 4. The average Bonchev–Trinajstić information content (AvgIpc) is 2.23. The Kier molecular flexibility index (Phi) is 4.77. The maximum absolute atomic E-state index is 11.4. The molecule has 0 aliphatic heterocycles. The van der Waals surface area contributed by atoms with Crippen molar-refractivity contribution < 1.29 is 4.79 Å². The number of nitrogens with one attached hydrogen (secondary N) is 1. The standard InChI is InChI=1S/C14H19NO/c1-11(2)10-15-14(16)8-7-13-6-4-5-12(3)9-13/h4-9,11H,10H2,1-3H3,(H,15,16)/b8-7+. The Morgan fingerprint density at radius 2 is 2.19 bits per heavy atom. The molecule has 0 aliphatic rings. The van der Waals surface area contributed by atoms with Gasteiger partial charge in [-0.3, -0.25) is 4.79 Å². The normalized spacial score (nSPS) is 11.0. The van der Waals surface area contributed by atoms with Crippen LogP contribution >= 0.6 is 0 Å². The van der Waals surface area contributed by atoms with Crippen LogP contribution in [0.15, 0.2) is 30.3 Å². The molecule has 1 aromatic carbocycles. The minimum atomic E-state index is -0.0322. The highest BCUT2D eigenvalue weighted by molar-refractivity contribution is 5.91. The first kappa shape index (κ1) is 12.5. The minimum absolute atomic E-state index is 0.0322. The van der Waals surface area contributed by atoms with E-state index in [1.54, 1.807) is 6.08 Å². The summed E-state index contributed by atoms with van der Waals surface area (Å²) in [4.78, 5) is 11.4. The maximum atomic E-state index is 11.4. The van der Waals surface area contributed by atoms with Gasteiger partial charge in [0.1, 0.15) is 0 Å². The van der Waals surface area contributed by atoms with Crippen LogP contribution in [-0.2, 0) is 4.79 Å². The molecule has 2 heteroatoms. The summed E-state index contributed by atoms with van der Waals surface area (Å²) in [5.41, 5.74) is 2.25. The fraction of sp³-hybridized carbons (Fsp3) is 0.357. The van der Waals surface area contributed by atoms with E-state index in [9.17, 15) is 4.79 Å². The lowest BCUT2D eigenvalue weighted by Gasteiger charge is -2.04. The molecule has 0 aromatic heterocycles. The van der Waals surface area contributed by atoms with Gasteiger partial charge >= 0.3 is 0 Å². The third-order valence-corrected chi connectivity index (χ3v) is 2.15. The second-order valence-electron chi connectivity index (χ2n) is 4.39. The molecule has 1 rings (SSSR count). The largest absolute Gasteiger partial charge is 0.352 e. The Balaban J connectivity index is 2.50. The van der Waals surface area contributed by atoms with Crippen LogP contribution < -0.4 is 5.32 Å². The zero-order chi connectivity index (χ0) is 12.0. The predicted octanol–water partition coefficient (Wildman–Crippen LogP) is 2.78. The van der Waals surface area contributed by atoms with E-state index in [1.165, 1.54) is 5.56 Å². The molecule has 86 valence electrons. The number of hydrogen-bond acceptors (Lipinski definition) is 1. The highest BCUT2D eigenvalue weighted by Gasteiger charge is 1.97. The first-order chi connectivity index (χ1) is 7.58. The smallest absolute Gasteiger partial charge is 0.244 e. The van der Waals surface area contributed by atoms with Crippen LogP contribution in [0.25, 0.3) is 6.08 Å². The Labute approximate surface area is 97.4 Å². The first-order valence-electron chi connectivity index (χ1n) is 5.60. The van der Waals surface area contributed by atoms with Gasteiger partial charge in [0.05, 0.1) is 0 Å². The molecule has 0 atom stereocenters. The molecule has 1 amide bonds. The molecule has 0 radical (unpaired) electrons. The third-order valence-electron chi connectivity index (χ3n) is 2.15. The molecule has 0 aliphatic carbocycles. The molecule has 1 N–H and O–H groups in total.